The van der Waals surface area contributed by atoms with Crippen LogP contribution in [0.1, 0.15) is 6.42 Å². The number of carbonyl (C=O) groups excluding carboxylic acids is 2. The molecule has 0 saturated heterocycles. The van der Waals surface area contributed by atoms with Crippen LogP contribution in [0.3, 0.4) is 0 Å². The van der Waals surface area contributed by atoms with Crippen LogP contribution in [-0.4, -0.2) is 34.7 Å². The Morgan fingerprint density at radius 1 is 1.18 bits per heavy atom. The van der Waals surface area contributed by atoms with E-state index in [0.717, 1.165) is 0 Å². The number of ether oxygens (including phenoxy) is 1. The Balaban J connectivity index is 1.48. The molecule has 2 heterocycles. The van der Waals surface area contributed by atoms with Crippen molar-refractivity contribution in [3.05, 3.63) is 65.9 Å². The van der Waals surface area contributed by atoms with E-state index < -0.39 is 0 Å². The predicted octanol–water partition coefficient (Wildman–Crippen LogP) is 3.28. The highest BCUT2D eigenvalue weighted by atomic mass is 35.5. The number of nitrogens with zero attached hydrogens (tertiary/aromatic N) is 3. The van der Waals surface area contributed by atoms with Gasteiger partial charge in [0.05, 0.1) is 17.1 Å². The largest absolute Gasteiger partial charge is 0.482 e. The first-order valence-corrected chi connectivity index (χ1v) is 9.11. The molecular weight excluding hydrogens is 380 g/mol. The number of aromatic nitrogens is 2. The molecule has 28 heavy (non-hydrogen) atoms. The summed E-state index contributed by atoms with van der Waals surface area (Å²) in [6, 6.07) is 14.3. The summed E-state index contributed by atoms with van der Waals surface area (Å²) in [6.45, 7) is 0.221. The highest BCUT2D eigenvalue weighted by Gasteiger charge is 2.25. The number of rotatable bonds is 5. The topological polar surface area (TPSA) is 76.5 Å². The summed E-state index contributed by atoms with van der Waals surface area (Å²) >= 11 is 6.09. The van der Waals surface area contributed by atoms with Gasteiger partial charge in [0.1, 0.15) is 5.75 Å². The predicted molar refractivity (Wildman–Crippen MR) is 106 cm³/mol. The molecule has 1 aliphatic rings. The van der Waals surface area contributed by atoms with E-state index in [1.807, 2.05) is 12.1 Å². The van der Waals surface area contributed by atoms with Gasteiger partial charge in [-0.3, -0.25) is 9.59 Å². The van der Waals surface area contributed by atoms with Gasteiger partial charge in [0, 0.05) is 30.4 Å². The van der Waals surface area contributed by atoms with E-state index in [9.17, 15) is 9.59 Å². The maximum Gasteiger partial charge on any atom is 0.265 e. The van der Waals surface area contributed by atoms with Gasteiger partial charge in [-0.1, -0.05) is 23.7 Å². The molecule has 142 valence electrons. The molecule has 2 amide bonds. The maximum absolute atomic E-state index is 12.6. The lowest BCUT2D eigenvalue weighted by Crippen LogP contribution is -2.40. The van der Waals surface area contributed by atoms with E-state index in [2.05, 4.69) is 10.4 Å². The Morgan fingerprint density at radius 3 is 2.86 bits per heavy atom. The van der Waals surface area contributed by atoms with Crippen molar-refractivity contribution in [3.63, 3.8) is 0 Å². The fourth-order valence-corrected chi connectivity index (χ4v) is 3.22. The minimum Gasteiger partial charge on any atom is -0.482 e. The summed E-state index contributed by atoms with van der Waals surface area (Å²) in [4.78, 5) is 26.4. The van der Waals surface area contributed by atoms with E-state index >= 15 is 0 Å². The smallest absolute Gasteiger partial charge is 0.265 e. The van der Waals surface area contributed by atoms with Crippen molar-refractivity contribution in [1.29, 1.82) is 0 Å². The fourth-order valence-electron chi connectivity index (χ4n) is 3.04. The molecule has 1 N–H and O–H groups in total. The number of nitrogens with one attached hydrogen (secondary N) is 1. The van der Waals surface area contributed by atoms with Gasteiger partial charge in [-0.15, -0.1) is 0 Å². The highest BCUT2D eigenvalue weighted by Crippen LogP contribution is 2.31. The van der Waals surface area contributed by atoms with Crippen LogP contribution in [0.2, 0.25) is 5.02 Å². The molecule has 4 rings (SSSR count). The van der Waals surface area contributed by atoms with Gasteiger partial charge >= 0.3 is 0 Å². The molecular formula is C20H17ClN4O3. The van der Waals surface area contributed by atoms with Crippen LogP contribution < -0.4 is 15.0 Å². The molecule has 0 radical (unpaired) electrons. The third-order valence-corrected chi connectivity index (χ3v) is 4.59. The Bertz CT molecular complexity index is 1020. The van der Waals surface area contributed by atoms with Crippen LogP contribution in [-0.2, 0) is 9.59 Å². The lowest BCUT2D eigenvalue weighted by Gasteiger charge is -2.29. The molecule has 0 saturated carbocycles. The minimum absolute atomic E-state index is 0.0314. The normalized spacial score (nSPS) is 13.0. The lowest BCUT2D eigenvalue weighted by atomic mass is 10.2. The quantitative estimate of drug-likeness (QED) is 0.718. The molecule has 2 aromatic carbocycles. The van der Waals surface area contributed by atoms with Crippen LogP contribution in [0.5, 0.6) is 5.75 Å². The summed E-state index contributed by atoms with van der Waals surface area (Å²) < 4.78 is 7.07. The minimum atomic E-state index is -0.229. The fraction of sp³-hybridized carbons (Fsp3) is 0.150. The summed E-state index contributed by atoms with van der Waals surface area (Å²) in [5, 5.41) is 7.56. The molecule has 0 unspecified atom stereocenters. The Morgan fingerprint density at radius 2 is 2.04 bits per heavy atom. The molecule has 1 aromatic heterocycles. The summed E-state index contributed by atoms with van der Waals surface area (Å²) in [5.41, 5.74) is 1.93. The SMILES string of the molecule is O=C(CCN1C(=O)COc2ccccc21)Nc1cc(Cl)ccc1-n1cccn1. The van der Waals surface area contributed by atoms with Crippen molar-refractivity contribution >= 4 is 34.8 Å². The second kappa shape index (κ2) is 7.74. The third-order valence-electron chi connectivity index (χ3n) is 4.35. The zero-order valence-electron chi connectivity index (χ0n) is 14.8. The number of fused-ring (bicyclic) bond motifs is 1. The van der Waals surface area contributed by atoms with Crippen molar-refractivity contribution < 1.29 is 14.3 Å². The van der Waals surface area contributed by atoms with Crippen molar-refractivity contribution in [2.45, 2.75) is 6.42 Å². The average Bonchev–Trinajstić information content (AvgIpc) is 3.22. The molecule has 0 bridgehead atoms. The molecule has 0 fully saturated rings. The molecule has 0 spiro atoms. The first kappa shape index (κ1) is 18.1. The zero-order valence-corrected chi connectivity index (χ0v) is 15.6. The summed E-state index contributed by atoms with van der Waals surface area (Å²) in [5.74, 6) is 0.234. The highest BCUT2D eigenvalue weighted by molar-refractivity contribution is 6.31. The van der Waals surface area contributed by atoms with Crippen molar-refractivity contribution in [3.8, 4) is 11.4 Å². The zero-order chi connectivity index (χ0) is 19.5. The average molecular weight is 397 g/mol. The van der Waals surface area contributed by atoms with Crippen LogP contribution in [0, 0.1) is 0 Å². The van der Waals surface area contributed by atoms with Crippen LogP contribution in [0.15, 0.2) is 60.9 Å². The Kier molecular flexibility index (Phi) is 4.99. The van der Waals surface area contributed by atoms with E-state index in [4.69, 9.17) is 16.3 Å². The number of benzene rings is 2. The standard InChI is InChI=1S/C20H17ClN4O3/c21-14-6-7-16(25-10-3-9-22-25)15(12-14)23-19(26)8-11-24-17-4-1-2-5-18(17)28-13-20(24)27/h1-7,9-10,12H,8,11,13H2,(H,23,26). The van der Waals surface area contributed by atoms with Crippen LogP contribution >= 0.6 is 11.6 Å². The first-order chi connectivity index (χ1) is 13.6. The van der Waals surface area contributed by atoms with E-state index in [0.29, 0.717) is 27.8 Å². The van der Waals surface area contributed by atoms with Crippen molar-refractivity contribution in [2.24, 2.45) is 0 Å². The number of hydrogen-bond acceptors (Lipinski definition) is 4. The second-order valence-corrected chi connectivity index (χ2v) is 6.65. The van der Waals surface area contributed by atoms with E-state index in [1.54, 1.807) is 58.4 Å². The summed E-state index contributed by atoms with van der Waals surface area (Å²) in [6.07, 6.45) is 3.56. The first-order valence-electron chi connectivity index (χ1n) is 8.73. The van der Waals surface area contributed by atoms with Gasteiger partial charge in [0.2, 0.25) is 5.91 Å². The monoisotopic (exact) mass is 396 g/mol. The van der Waals surface area contributed by atoms with Crippen LogP contribution in [0.25, 0.3) is 5.69 Å². The number of hydrogen-bond donors (Lipinski definition) is 1. The van der Waals surface area contributed by atoms with Gasteiger partial charge in [0.25, 0.3) is 5.91 Å². The maximum atomic E-state index is 12.6. The number of anilines is 2. The number of amides is 2. The van der Waals surface area contributed by atoms with E-state index in [-0.39, 0.29) is 31.4 Å². The van der Waals surface area contributed by atoms with Gasteiger partial charge in [0.15, 0.2) is 6.61 Å². The molecule has 0 atom stereocenters. The van der Waals surface area contributed by atoms with E-state index in [1.165, 1.54) is 0 Å². The number of halogens is 1. The number of carbonyl (C=O) groups is 2. The molecule has 7 nitrogen and oxygen atoms in total. The van der Waals surface area contributed by atoms with Crippen molar-refractivity contribution in [1.82, 2.24) is 9.78 Å². The second-order valence-electron chi connectivity index (χ2n) is 6.21. The molecule has 1 aliphatic heterocycles. The number of para-hydroxylation sites is 2. The van der Waals surface area contributed by atoms with Gasteiger partial charge in [-0.05, 0) is 36.4 Å². The van der Waals surface area contributed by atoms with Gasteiger partial charge in [-0.25, -0.2) is 4.68 Å². The molecule has 0 aliphatic carbocycles. The molecule has 8 heteroatoms. The lowest BCUT2D eigenvalue weighted by molar-refractivity contribution is -0.121. The Labute approximate surface area is 166 Å². The Hall–Kier alpha value is -3.32. The van der Waals surface area contributed by atoms with Gasteiger partial charge in [-0.2, -0.15) is 5.10 Å². The summed E-state index contributed by atoms with van der Waals surface area (Å²) in [7, 11) is 0. The molecule has 3 aromatic rings. The van der Waals surface area contributed by atoms with Gasteiger partial charge < -0.3 is 15.0 Å². The van der Waals surface area contributed by atoms with Crippen molar-refractivity contribution in [2.75, 3.05) is 23.4 Å². The van der Waals surface area contributed by atoms with Crippen LogP contribution in [0.4, 0.5) is 11.4 Å². The third kappa shape index (κ3) is 3.70.